The monoisotopic (exact) mass is 347 g/mol. The minimum Gasteiger partial charge on any atom is -0.397 e. The van der Waals surface area contributed by atoms with Gasteiger partial charge < -0.3 is 5.73 Å². The first-order chi connectivity index (χ1) is 8.38. The number of nitrogen functional groups attached to an aromatic ring is 1. The fourth-order valence-corrected chi connectivity index (χ4v) is 4.26. The topological polar surface area (TPSA) is 85.1 Å². The molecule has 96 valence electrons. The van der Waals surface area contributed by atoms with E-state index < -0.39 is 10.0 Å². The van der Waals surface area contributed by atoms with Crippen molar-refractivity contribution in [3.8, 4) is 0 Å². The van der Waals surface area contributed by atoms with Crippen molar-refractivity contribution in [2.45, 2.75) is 11.1 Å². The summed E-state index contributed by atoms with van der Waals surface area (Å²) in [5, 5.41) is 0. The zero-order chi connectivity index (χ0) is 13.3. The van der Waals surface area contributed by atoms with Gasteiger partial charge in [-0.05, 0) is 46.6 Å². The molecule has 0 aliphatic carbocycles. The maximum atomic E-state index is 12.0. The van der Waals surface area contributed by atoms with Crippen LogP contribution in [0.3, 0.4) is 0 Å². The van der Waals surface area contributed by atoms with E-state index in [2.05, 4.69) is 25.6 Å². The fraction of sp³-hybridized carbons (Fsp3) is 0.100. The van der Waals surface area contributed by atoms with Crippen LogP contribution >= 0.6 is 27.3 Å². The molecule has 0 saturated heterocycles. The molecule has 3 N–H and O–H groups in total. The van der Waals surface area contributed by atoms with Crippen LogP contribution in [0.2, 0.25) is 0 Å². The van der Waals surface area contributed by atoms with Gasteiger partial charge in [-0.2, -0.15) is 0 Å². The molecule has 2 rings (SSSR count). The average Bonchev–Trinajstić information content (AvgIpc) is 2.71. The van der Waals surface area contributed by atoms with Gasteiger partial charge in [-0.25, -0.2) is 13.4 Å². The molecule has 0 aliphatic rings. The molecule has 2 aromatic heterocycles. The third-order valence-corrected chi connectivity index (χ3v) is 5.67. The quantitative estimate of drug-likeness (QED) is 0.893. The van der Waals surface area contributed by atoms with Crippen LogP contribution in [0.4, 0.5) is 11.5 Å². The van der Waals surface area contributed by atoms with E-state index in [9.17, 15) is 8.42 Å². The molecule has 0 spiro atoms. The van der Waals surface area contributed by atoms with E-state index in [1.807, 2.05) is 0 Å². The molecule has 0 unspecified atom stereocenters. The van der Waals surface area contributed by atoms with Gasteiger partial charge in [0, 0.05) is 0 Å². The summed E-state index contributed by atoms with van der Waals surface area (Å²) in [6.45, 7) is 1.79. The Morgan fingerprint density at radius 3 is 2.72 bits per heavy atom. The second-order valence-electron chi connectivity index (χ2n) is 3.59. The van der Waals surface area contributed by atoms with Crippen LogP contribution in [0.5, 0.6) is 0 Å². The lowest BCUT2D eigenvalue weighted by atomic mass is 10.2. The van der Waals surface area contributed by atoms with E-state index in [-0.39, 0.29) is 10.0 Å². The number of aromatic nitrogens is 1. The SMILES string of the molecule is Cc1cc(NS(=O)(=O)c2ccc(Br)s2)ncc1N. The Bertz CT molecular complexity index is 682. The van der Waals surface area contributed by atoms with E-state index in [1.54, 1.807) is 19.1 Å². The highest BCUT2D eigenvalue weighted by atomic mass is 79.9. The van der Waals surface area contributed by atoms with Crippen LogP contribution in [0.25, 0.3) is 0 Å². The number of nitrogens with one attached hydrogen (secondary N) is 1. The minimum absolute atomic E-state index is 0.227. The number of pyridine rings is 1. The molecule has 0 aromatic carbocycles. The van der Waals surface area contributed by atoms with Gasteiger partial charge in [0.15, 0.2) is 0 Å². The van der Waals surface area contributed by atoms with Crippen LogP contribution in [-0.4, -0.2) is 13.4 Å². The van der Waals surface area contributed by atoms with Gasteiger partial charge in [0.25, 0.3) is 10.0 Å². The normalized spacial score (nSPS) is 11.4. The molecule has 0 saturated carbocycles. The zero-order valence-corrected chi connectivity index (χ0v) is 12.6. The largest absolute Gasteiger partial charge is 0.397 e. The van der Waals surface area contributed by atoms with Crippen molar-refractivity contribution >= 4 is 48.8 Å². The summed E-state index contributed by atoms with van der Waals surface area (Å²) in [6.07, 6.45) is 1.43. The van der Waals surface area contributed by atoms with E-state index in [1.165, 1.54) is 12.3 Å². The van der Waals surface area contributed by atoms with Gasteiger partial charge in [0.2, 0.25) is 0 Å². The van der Waals surface area contributed by atoms with Crippen LogP contribution in [0, 0.1) is 6.92 Å². The molecule has 2 aromatic rings. The molecule has 0 amide bonds. The third-order valence-electron chi connectivity index (χ3n) is 2.20. The minimum atomic E-state index is -3.59. The maximum absolute atomic E-state index is 12.0. The van der Waals surface area contributed by atoms with Gasteiger partial charge in [0.1, 0.15) is 10.0 Å². The number of nitrogens with two attached hydrogens (primary N) is 1. The van der Waals surface area contributed by atoms with Crippen molar-refractivity contribution in [2.75, 3.05) is 10.5 Å². The number of aryl methyl sites for hydroxylation is 1. The Labute approximate surface area is 117 Å². The lowest BCUT2D eigenvalue weighted by Gasteiger charge is -2.07. The summed E-state index contributed by atoms with van der Waals surface area (Å²) in [7, 11) is -3.59. The molecular weight excluding hydrogens is 338 g/mol. The summed E-state index contributed by atoms with van der Waals surface area (Å²) in [6, 6.07) is 4.80. The predicted molar refractivity (Wildman–Crippen MR) is 76.2 cm³/mol. The second kappa shape index (κ2) is 4.87. The Balaban J connectivity index is 2.30. The summed E-state index contributed by atoms with van der Waals surface area (Å²) in [4.78, 5) is 3.93. The third kappa shape index (κ3) is 2.82. The first-order valence-electron chi connectivity index (χ1n) is 4.89. The molecule has 8 heteroatoms. The van der Waals surface area contributed by atoms with Crippen LogP contribution < -0.4 is 10.5 Å². The lowest BCUT2D eigenvalue weighted by Crippen LogP contribution is -2.12. The number of anilines is 2. The first-order valence-corrected chi connectivity index (χ1v) is 7.98. The number of hydrogen-bond donors (Lipinski definition) is 2. The number of rotatable bonds is 3. The van der Waals surface area contributed by atoms with E-state index in [4.69, 9.17) is 5.73 Å². The summed E-state index contributed by atoms with van der Waals surface area (Å²) < 4.78 is 27.4. The number of hydrogen-bond acceptors (Lipinski definition) is 5. The first kappa shape index (κ1) is 13.3. The highest BCUT2D eigenvalue weighted by Crippen LogP contribution is 2.27. The van der Waals surface area contributed by atoms with Crippen molar-refractivity contribution in [3.05, 3.63) is 33.7 Å². The van der Waals surface area contributed by atoms with Crippen LogP contribution in [0.1, 0.15) is 5.56 Å². The molecule has 0 aliphatic heterocycles. The van der Waals surface area contributed by atoms with Crippen molar-refractivity contribution in [2.24, 2.45) is 0 Å². The lowest BCUT2D eigenvalue weighted by molar-refractivity contribution is 0.603. The highest BCUT2D eigenvalue weighted by molar-refractivity contribution is 9.11. The molecule has 2 heterocycles. The molecule has 18 heavy (non-hydrogen) atoms. The highest BCUT2D eigenvalue weighted by Gasteiger charge is 2.17. The Morgan fingerprint density at radius 2 is 2.17 bits per heavy atom. The average molecular weight is 348 g/mol. The standard InChI is InChI=1S/C10H10BrN3O2S2/c1-6-4-9(13-5-7(6)12)14-18(15,16)10-3-2-8(11)17-10/h2-5H,12H2,1H3,(H,13,14). The van der Waals surface area contributed by atoms with Crippen molar-refractivity contribution in [1.29, 1.82) is 0 Å². The second-order valence-corrected chi connectivity index (χ2v) is 7.96. The van der Waals surface area contributed by atoms with E-state index in [0.29, 0.717) is 5.69 Å². The number of thiophene rings is 1. The Hall–Kier alpha value is -1.12. The maximum Gasteiger partial charge on any atom is 0.272 e. The zero-order valence-electron chi connectivity index (χ0n) is 9.34. The number of nitrogens with zero attached hydrogens (tertiary/aromatic N) is 1. The van der Waals surface area contributed by atoms with Crippen LogP contribution in [0.15, 0.2) is 32.4 Å². The van der Waals surface area contributed by atoms with E-state index in [0.717, 1.165) is 20.7 Å². The smallest absolute Gasteiger partial charge is 0.272 e. The molecule has 5 nitrogen and oxygen atoms in total. The van der Waals surface area contributed by atoms with E-state index >= 15 is 0 Å². The van der Waals surface area contributed by atoms with Crippen LogP contribution in [-0.2, 0) is 10.0 Å². The molecular formula is C10H10BrN3O2S2. The Kier molecular flexibility index (Phi) is 3.60. The predicted octanol–water partition coefficient (Wildman–Crippen LogP) is 2.60. The van der Waals surface area contributed by atoms with Crippen molar-refractivity contribution in [3.63, 3.8) is 0 Å². The van der Waals surface area contributed by atoms with Crippen molar-refractivity contribution in [1.82, 2.24) is 4.98 Å². The van der Waals surface area contributed by atoms with Crippen molar-refractivity contribution < 1.29 is 8.42 Å². The molecule has 0 fully saturated rings. The summed E-state index contributed by atoms with van der Waals surface area (Å²) in [5.74, 6) is 0.256. The van der Waals surface area contributed by atoms with Gasteiger partial charge in [-0.1, -0.05) is 0 Å². The summed E-state index contributed by atoms with van der Waals surface area (Å²) >= 11 is 4.36. The van der Waals surface area contributed by atoms with Gasteiger partial charge in [-0.3, -0.25) is 4.72 Å². The summed E-state index contributed by atoms with van der Waals surface area (Å²) in [5.41, 5.74) is 6.92. The molecule has 0 radical (unpaired) electrons. The fourth-order valence-electron chi connectivity index (χ4n) is 1.25. The molecule has 0 atom stereocenters. The number of sulfonamides is 1. The van der Waals surface area contributed by atoms with Gasteiger partial charge in [-0.15, -0.1) is 11.3 Å². The van der Waals surface area contributed by atoms with Gasteiger partial charge in [0.05, 0.1) is 15.7 Å². The van der Waals surface area contributed by atoms with Gasteiger partial charge >= 0.3 is 0 Å². The molecule has 0 bridgehead atoms. The Morgan fingerprint density at radius 1 is 1.44 bits per heavy atom. The number of halogens is 1.